The fraction of sp³-hybridized carbons (Fsp3) is 0.179. The number of H-pyrrole nitrogens is 1. The van der Waals surface area contributed by atoms with E-state index in [1.807, 2.05) is 106 Å². The molecule has 0 radical (unpaired) electrons. The Kier molecular flexibility index (Phi) is 5.28. The molecule has 1 amide bonds. The summed E-state index contributed by atoms with van der Waals surface area (Å²) in [7, 11) is 0. The van der Waals surface area contributed by atoms with E-state index < -0.39 is 11.6 Å². The smallest absolute Gasteiger partial charge is 0.280 e. The predicted molar refractivity (Wildman–Crippen MR) is 136 cm³/mol. The summed E-state index contributed by atoms with van der Waals surface area (Å²) in [5.74, 6) is -0.250. The number of rotatable bonds is 4. The maximum atomic E-state index is 14.0. The predicted octanol–water partition coefficient (Wildman–Crippen LogP) is 5.05. The summed E-state index contributed by atoms with van der Waals surface area (Å²) in [6, 6.07) is 25.7. The molecular weight excluding hydrogens is 424 g/mol. The zero-order chi connectivity index (χ0) is 23.9. The molecule has 0 aliphatic rings. The topological polar surface area (TPSA) is 79.8 Å². The molecule has 34 heavy (non-hydrogen) atoms. The molecule has 0 saturated carbocycles. The number of carbonyl (C=O) groups excluding carboxylic acids is 1. The third kappa shape index (κ3) is 3.99. The molecule has 0 saturated heterocycles. The van der Waals surface area contributed by atoms with Crippen LogP contribution in [0.1, 0.15) is 32.4 Å². The standard InChI is InChI=1S/C28H26N4O2/c1-28(2,3)31-26(33)25(18-11-5-4-6-12-18)32-23-16-10-9-15-21(23)30-24(27(32)34)22-17-19-13-7-8-14-20(19)29-22/h4-17,25,29H,1-3H3,(H,31,33). The van der Waals surface area contributed by atoms with E-state index in [4.69, 9.17) is 4.98 Å². The van der Waals surface area contributed by atoms with Gasteiger partial charge in [-0.3, -0.25) is 14.2 Å². The second kappa shape index (κ2) is 8.30. The largest absolute Gasteiger partial charge is 0.353 e. The molecule has 6 heteroatoms. The lowest BCUT2D eigenvalue weighted by Crippen LogP contribution is -2.46. The van der Waals surface area contributed by atoms with Gasteiger partial charge in [0.25, 0.3) is 5.56 Å². The molecule has 170 valence electrons. The van der Waals surface area contributed by atoms with Crippen molar-refractivity contribution in [3.05, 3.63) is 101 Å². The highest BCUT2D eigenvalue weighted by Crippen LogP contribution is 2.26. The minimum absolute atomic E-state index is 0.250. The number of nitrogens with one attached hydrogen (secondary N) is 2. The van der Waals surface area contributed by atoms with Crippen LogP contribution in [0.15, 0.2) is 89.7 Å². The number of aromatic amines is 1. The van der Waals surface area contributed by atoms with Gasteiger partial charge in [0, 0.05) is 16.4 Å². The van der Waals surface area contributed by atoms with Crippen molar-refractivity contribution in [3.8, 4) is 11.4 Å². The molecule has 0 bridgehead atoms. The number of para-hydroxylation sites is 3. The number of hydrogen-bond donors (Lipinski definition) is 2. The van der Waals surface area contributed by atoms with Gasteiger partial charge in [0.15, 0.2) is 5.69 Å². The number of amides is 1. The Bertz CT molecular complexity index is 1530. The third-order valence-electron chi connectivity index (χ3n) is 5.70. The first-order valence-corrected chi connectivity index (χ1v) is 11.3. The first-order valence-electron chi connectivity index (χ1n) is 11.3. The molecule has 5 aromatic rings. The van der Waals surface area contributed by atoms with E-state index in [1.54, 1.807) is 4.57 Å². The normalized spacial score (nSPS) is 12.7. The van der Waals surface area contributed by atoms with Crippen LogP contribution in [-0.2, 0) is 4.79 Å². The Balaban J connectivity index is 1.80. The summed E-state index contributed by atoms with van der Waals surface area (Å²) in [4.78, 5) is 35.7. The van der Waals surface area contributed by atoms with E-state index in [9.17, 15) is 9.59 Å². The van der Waals surface area contributed by atoms with Crippen LogP contribution in [0.25, 0.3) is 33.3 Å². The van der Waals surface area contributed by atoms with E-state index in [-0.39, 0.29) is 17.2 Å². The Hall–Kier alpha value is -4.19. The Morgan fingerprint density at radius 1 is 0.941 bits per heavy atom. The molecule has 2 aromatic heterocycles. The summed E-state index contributed by atoms with van der Waals surface area (Å²) in [5.41, 5.74) is 2.99. The molecular formula is C28H26N4O2. The summed E-state index contributed by atoms with van der Waals surface area (Å²) in [6.07, 6.45) is 0. The van der Waals surface area contributed by atoms with Crippen LogP contribution >= 0.6 is 0 Å². The van der Waals surface area contributed by atoms with Gasteiger partial charge >= 0.3 is 0 Å². The van der Waals surface area contributed by atoms with Gasteiger partial charge in [-0.2, -0.15) is 0 Å². The molecule has 2 heterocycles. The van der Waals surface area contributed by atoms with Crippen molar-refractivity contribution < 1.29 is 4.79 Å². The third-order valence-corrected chi connectivity index (χ3v) is 5.70. The second-order valence-electron chi connectivity index (χ2n) is 9.45. The van der Waals surface area contributed by atoms with Gasteiger partial charge in [0.2, 0.25) is 5.91 Å². The van der Waals surface area contributed by atoms with Crippen molar-refractivity contribution in [2.75, 3.05) is 0 Å². The lowest BCUT2D eigenvalue weighted by atomic mass is 10.0. The summed E-state index contributed by atoms with van der Waals surface area (Å²) >= 11 is 0. The monoisotopic (exact) mass is 450 g/mol. The molecule has 0 aliphatic heterocycles. The van der Waals surface area contributed by atoms with Crippen LogP contribution in [0.2, 0.25) is 0 Å². The van der Waals surface area contributed by atoms with Gasteiger partial charge in [-0.05, 0) is 50.6 Å². The molecule has 0 aliphatic carbocycles. The van der Waals surface area contributed by atoms with E-state index in [1.165, 1.54) is 0 Å². The van der Waals surface area contributed by atoms with E-state index in [0.29, 0.717) is 16.7 Å². The minimum Gasteiger partial charge on any atom is -0.353 e. The van der Waals surface area contributed by atoms with Gasteiger partial charge in [0.1, 0.15) is 6.04 Å². The molecule has 3 aromatic carbocycles. The van der Waals surface area contributed by atoms with Gasteiger partial charge in [-0.1, -0.05) is 60.7 Å². The number of aromatic nitrogens is 3. The maximum absolute atomic E-state index is 14.0. The van der Waals surface area contributed by atoms with Gasteiger partial charge < -0.3 is 10.3 Å². The summed E-state index contributed by atoms with van der Waals surface area (Å²) in [5, 5.41) is 4.05. The summed E-state index contributed by atoms with van der Waals surface area (Å²) in [6.45, 7) is 5.78. The lowest BCUT2D eigenvalue weighted by Gasteiger charge is -2.27. The van der Waals surface area contributed by atoms with Crippen LogP contribution in [0.5, 0.6) is 0 Å². The summed E-state index contributed by atoms with van der Waals surface area (Å²) < 4.78 is 1.57. The first-order chi connectivity index (χ1) is 16.3. The van der Waals surface area contributed by atoms with Crippen LogP contribution < -0.4 is 10.9 Å². The number of benzene rings is 3. The van der Waals surface area contributed by atoms with Crippen molar-refractivity contribution in [1.82, 2.24) is 19.9 Å². The van der Waals surface area contributed by atoms with Crippen LogP contribution in [0.3, 0.4) is 0 Å². The molecule has 0 spiro atoms. The molecule has 2 N–H and O–H groups in total. The Morgan fingerprint density at radius 3 is 2.35 bits per heavy atom. The van der Waals surface area contributed by atoms with Gasteiger partial charge in [-0.25, -0.2) is 4.98 Å². The Labute approximate surface area is 197 Å². The van der Waals surface area contributed by atoms with E-state index in [2.05, 4.69) is 10.3 Å². The fourth-order valence-electron chi connectivity index (χ4n) is 4.28. The zero-order valence-corrected chi connectivity index (χ0v) is 19.4. The molecule has 0 fully saturated rings. The molecule has 6 nitrogen and oxygen atoms in total. The van der Waals surface area contributed by atoms with Crippen LogP contribution in [0.4, 0.5) is 0 Å². The molecule has 1 atom stereocenters. The van der Waals surface area contributed by atoms with Crippen molar-refractivity contribution in [2.24, 2.45) is 0 Å². The van der Waals surface area contributed by atoms with Crippen LogP contribution in [0, 0.1) is 0 Å². The van der Waals surface area contributed by atoms with Gasteiger partial charge in [0.05, 0.1) is 16.7 Å². The molecule has 5 rings (SSSR count). The van der Waals surface area contributed by atoms with Crippen molar-refractivity contribution in [3.63, 3.8) is 0 Å². The van der Waals surface area contributed by atoms with Gasteiger partial charge in [-0.15, -0.1) is 0 Å². The average molecular weight is 451 g/mol. The first kappa shape index (κ1) is 21.6. The van der Waals surface area contributed by atoms with E-state index >= 15 is 0 Å². The highest BCUT2D eigenvalue weighted by Gasteiger charge is 2.29. The van der Waals surface area contributed by atoms with E-state index in [0.717, 1.165) is 16.5 Å². The minimum atomic E-state index is -0.857. The fourth-order valence-corrected chi connectivity index (χ4v) is 4.28. The SMILES string of the molecule is CC(C)(C)NC(=O)C(c1ccccc1)n1c(=O)c(-c2cc3ccccc3[nH]2)nc2ccccc21. The molecule has 1 unspecified atom stereocenters. The quantitative estimate of drug-likeness (QED) is 0.402. The average Bonchev–Trinajstić information content (AvgIpc) is 3.24. The number of fused-ring (bicyclic) bond motifs is 2. The van der Waals surface area contributed by atoms with Crippen molar-refractivity contribution in [1.29, 1.82) is 0 Å². The second-order valence-corrected chi connectivity index (χ2v) is 9.45. The van der Waals surface area contributed by atoms with Crippen molar-refractivity contribution in [2.45, 2.75) is 32.4 Å². The van der Waals surface area contributed by atoms with Crippen molar-refractivity contribution >= 4 is 27.8 Å². The lowest BCUT2D eigenvalue weighted by molar-refractivity contribution is -0.124. The highest BCUT2D eigenvalue weighted by molar-refractivity contribution is 5.89. The van der Waals surface area contributed by atoms with Crippen LogP contribution in [-0.4, -0.2) is 26.0 Å². The number of hydrogen-bond acceptors (Lipinski definition) is 3. The Morgan fingerprint density at radius 2 is 1.62 bits per heavy atom. The highest BCUT2D eigenvalue weighted by atomic mass is 16.2. The number of carbonyl (C=O) groups is 1. The zero-order valence-electron chi connectivity index (χ0n) is 19.4. The maximum Gasteiger partial charge on any atom is 0.280 e. The number of nitrogens with zero attached hydrogens (tertiary/aromatic N) is 2.